The van der Waals surface area contributed by atoms with Crippen molar-refractivity contribution in [1.82, 2.24) is 5.32 Å². The maximum atomic E-state index is 5.38. The zero-order chi connectivity index (χ0) is 15.5. The topological polar surface area (TPSA) is 42.5 Å². The molecule has 2 N–H and O–H groups in total. The van der Waals surface area contributed by atoms with Gasteiger partial charge in [-0.1, -0.05) is 24.3 Å². The number of fused-ring (bicyclic) bond motifs is 1. The summed E-state index contributed by atoms with van der Waals surface area (Å²) in [6.07, 6.45) is 0. The van der Waals surface area contributed by atoms with Gasteiger partial charge in [-0.2, -0.15) is 0 Å². The Morgan fingerprint density at radius 1 is 1.09 bits per heavy atom. The van der Waals surface area contributed by atoms with Crippen LogP contribution in [0.4, 0.5) is 5.69 Å². The van der Waals surface area contributed by atoms with Crippen LogP contribution in [-0.4, -0.2) is 11.9 Å². The number of benzene rings is 2. The average Bonchev–Trinajstić information content (AvgIpc) is 2.96. The van der Waals surface area contributed by atoms with E-state index in [1.165, 1.54) is 11.1 Å². The molecule has 1 heterocycles. The van der Waals surface area contributed by atoms with Crippen molar-refractivity contribution in [3.8, 4) is 11.5 Å². The Kier molecular flexibility index (Phi) is 4.15. The standard InChI is InChI=1S/C17H18N2O2S/c1-11-4-3-5-12(2)16(11)19-17(22)18-9-13-6-7-14-15(8-13)21-10-20-14/h3-8H,9-10H2,1-2H3,(H2,18,19,22). The van der Waals surface area contributed by atoms with E-state index >= 15 is 0 Å². The van der Waals surface area contributed by atoms with Gasteiger partial charge in [0.15, 0.2) is 16.6 Å². The van der Waals surface area contributed by atoms with E-state index in [1.54, 1.807) is 0 Å². The lowest BCUT2D eigenvalue weighted by Crippen LogP contribution is -2.28. The third kappa shape index (κ3) is 3.14. The fourth-order valence-corrected chi connectivity index (χ4v) is 2.58. The average molecular weight is 314 g/mol. The normalized spacial score (nSPS) is 12.1. The van der Waals surface area contributed by atoms with Crippen LogP contribution in [0.25, 0.3) is 0 Å². The van der Waals surface area contributed by atoms with E-state index in [0.717, 1.165) is 22.7 Å². The number of thiocarbonyl (C=S) groups is 1. The Bertz CT molecular complexity index is 696. The largest absolute Gasteiger partial charge is 0.454 e. The molecule has 2 aromatic rings. The minimum atomic E-state index is 0.290. The van der Waals surface area contributed by atoms with Gasteiger partial charge in [0.2, 0.25) is 6.79 Å². The van der Waals surface area contributed by atoms with Crippen molar-refractivity contribution in [3.05, 3.63) is 53.1 Å². The fraction of sp³-hybridized carbons (Fsp3) is 0.235. The molecule has 0 atom stereocenters. The summed E-state index contributed by atoms with van der Waals surface area (Å²) in [5.74, 6) is 1.58. The van der Waals surface area contributed by atoms with Crippen LogP contribution in [-0.2, 0) is 6.54 Å². The second-order valence-electron chi connectivity index (χ2n) is 5.26. The molecule has 0 saturated heterocycles. The summed E-state index contributed by atoms with van der Waals surface area (Å²) in [7, 11) is 0. The molecule has 0 spiro atoms. The van der Waals surface area contributed by atoms with Gasteiger partial charge in [0.25, 0.3) is 0 Å². The number of nitrogens with one attached hydrogen (secondary N) is 2. The molecule has 0 saturated carbocycles. The van der Waals surface area contributed by atoms with Crippen molar-refractivity contribution in [2.75, 3.05) is 12.1 Å². The molecule has 0 radical (unpaired) electrons. The smallest absolute Gasteiger partial charge is 0.231 e. The Balaban J connectivity index is 1.61. The summed E-state index contributed by atoms with van der Waals surface area (Å²) in [6, 6.07) is 12.1. The molecule has 22 heavy (non-hydrogen) atoms. The van der Waals surface area contributed by atoms with Gasteiger partial charge in [0, 0.05) is 12.2 Å². The maximum absolute atomic E-state index is 5.38. The van der Waals surface area contributed by atoms with E-state index in [1.807, 2.05) is 24.3 Å². The van der Waals surface area contributed by atoms with E-state index in [9.17, 15) is 0 Å². The Morgan fingerprint density at radius 3 is 2.59 bits per heavy atom. The van der Waals surface area contributed by atoms with E-state index < -0.39 is 0 Å². The molecule has 0 bridgehead atoms. The number of hydrogen-bond donors (Lipinski definition) is 2. The SMILES string of the molecule is Cc1cccc(C)c1NC(=S)NCc1ccc2c(c1)OCO2. The van der Waals surface area contributed by atoms with Gasteiger partial charge in [-0.15, -0.1) is 0 Å². The molecule has 2 aromatic carbocycles. The summed E-state index contributed by atoms with van der Waals surface area (Å²) in [6.45, 7) is 5.05. The number of rotatable bonds is 3. The first-order chi connectivity index (χ1) is 10.6. The highest BCUT2D eigenvalue weighted by molar-refractivity contribution is 7.80. The molecule has 5 heteroatoms. The summed E-state index contributed by atoms with van der Waals surface area (Å²) in [5, 5.41) is 7.09. The van der Waals surface area contributed by atoms with Gasteiger partial charge in [-0.25, -0.2) is 0 Å². The van der Waals surface area contributed by atoms with Crippen molar-refractivity contribution in [2.45, 2.75) is 20.4 Å². The van der Waals surface area contributed by atoms with Crippen LogP contribution < -0.4 is 20.1 Å². The van der Waals surface area contributed by atoms with Gasteiger partial charge in [0.05, 0.1) is 0 Å². The quantitative estimate of drug-likeness (QED) is 0.849. The molecule has 3 rings (SSSR count). The third-order valence-electron chi connectivity index (χ3n) is 3.61. The first-order valence-electron chi connectivity index (χ1n) is 7.13. The van der Waals surface area contributed by atoms with Gasteiger partial charge in [0.1, 0.15) is 0 Å². The zero-order valence-corrected chi connectivity index (χ0v) is 13.4. The summed E-state index contributed by atoms with van der Waals surface area (Å²) in [5.41, 5.74) is 4.50. The predicted molar refractivity (Wildman–Crippen MR) is 91.5 cm³/mol. The molecular weight excluding hydrogens is 296 g/mol. The maximum Gasteiger partial charge on any atom is 0.231 e. The van der Waals surface area contributed by atoms with Gasteiger partial charge >= 0.3 is 0 Å². The van der Waals surface area contributed by atoms with Gasteiger partial charge in [-0.05, 0) is 54.9 Å². The van der Waals surface area contributed by atoms with Crippen LogP contribution in [0, 0.1) is 13.8 Å². The fourth-order valence-electron chi connectivity index (χ4n) is 2.40. The lowest BCUT2D eigenvalue weighted by molar-refractivity contribution is 0.174. The molecule has 0 aromatic heterocycles. The van der Waals surface area contributed by atoms with Crippen LogP contribution in [0.2, 0.25) is 0 Å². The lowest BCUT2D eigenvalue weighted by atomic mass is 10.1. The summed E-state index contributed by atoms with van der Waals surface area (Å²) >= 11 is 5.38. The molecule has 0 aliphatic carbocycles. The van der Waals surface area contributed by atoms with E-state index in [2.05, 4.69) is 36.6 Å². The first-order valence-corrected chi connectivity index (χ1v) is 7.54. The van der Waals surface area contributed by atoms with Crippen LogP contribution in [0.3, 0.4) is 0 Å². The molecule has 4 nitrogen and oxygen atoms in total. The van der Waals surface area contributed by atoms with Crippen LogP contribution >= 0.6 is 12.2 Å². The van der Waals surface area contributed by atoms with Gasteiger partial charge < -0.3 is 20.1 Å². The Hall–Kier alpha value is -2.27. The second kappa shape index (κ2) is 6.23. The van der Waals surface area contributed by atoms with Crippen molar-refractivity contribution in [2.24, 2.45) is 0 Å². The molecule has 0 unspecified atom stereocenters. The van der Waals surface area contributed by atoms with E-state index in [4.69, 9.17) is 21.7 Å². The van der Waals surface area contributed by atoms with Crippen molar-refractivity contribution in [1.29, 1.82) is 0 Å². The summed E-state index contributed by atoms with van der Waals surface area (Å²) < 4.78 is 10.7. The molecule has 1 aliphatic heterocycles. The third-order valence-corrected chi connectivity index (χ3v) is 3.86. The predicted octanol–water partition coefficient (Wildman–Crippen LogP) is 3.52. The molecule has 0 fully saturated rings. The Morgan fingerprint density at radius 2 is 1.82 bits per heavy atom. The van der Waals surface area contributed by atoms with Crippen molar-refractivity contribution >= 4 is 23.0 Å². The highest BCUT2D eigenvalue weighted by Crippen LogP contribution is 2.32. The number of aryl methyl sites for hydroxylation is 2. The van der Waals surface area contributed by atoms with Crippen LogP contribution in [0.15, 0.2) is 36.4 Å². The van der Waals surface area contributed by atoms with Crippen molar-refractivity contribution < 1.29 is 9.47 Å². The number of para-hydroxylation sites is 1. The molecular formula is C17H18N2O2S. The zero-order valence-electron chi connectivity index (χ0n) is 12.6. The second-order valence-corrected chi connectivity index (χ2v) is 5.67. The van der Waals surface area contributed by atoms with Crippen LogP contribution in [0.1, 0.15) is 16.7 Å². The number of anilines is 1. The van der Waals surface area contributed by atoms with Crippen molar-refractivity contribution in [3.63, 3.8) is 0 Å². The minimum absolute atomic E-state index is 0.290. The minimum Gasteiger partial charge on any atom is -0.454 e. The molecule has 0 amide bonds. The lowest BCUT2D eigenvalue weighted by Gasteiger charge is -2.14. The van der Waals surface area contributed by atoms with E-state index in [0.29, 0.717) is 18.5 Å². The van der Waals surface area contributed by atoms with Crippen LogP contribution in [0.5, 0.6) is 11.5 Å². The molecule has 1 aliphatic rings. The van der Waals surface area contributed by atoms with Gasteiger partial charge in [-0.3, -0.25) is 0 Å². The highest BCUT2D eigenvalue weighted by Gasteiger charge is 2.13. The molecule has 114 valence electrons. The highest BCUT2D eigenvalue weighted by atomic mass is 32.1. The van der Waals surface area contributed by atoms with E-state index in [-0.39, 0.29) is 0 Å². The first kappa shape index (κ1) is 14.7. The number of ether oxygens (including phenoxy) is 2. The number of hydrogen-bond acceptors (Lipinski definition) is 3. The monoisotopic (exact) mass is 314 g/mol. The Labute approximate surface area is 135 Å². The summed E-state index contributed by atoms with van der Waals surface area (Å²) in [4.78, 5) is 0.